The fraction of sp³-hybridized carbons (Fsp3) is 0.417. The Labute approximate surface area is 112 Å². The number of aromatic nitrogens is 1. The molecule has 1 aromatic rings. The van der Waals surface area contributed by atoms with Crippen molar-refractivity contribution in [1.82, 2.24) is 10.3 Å². The van der Waals surface area contributed by atoms with Gasteiger partial charge in [-0.05, 0) is 12.5 Å². The summed E-state index contributed by atoms with van der Waals surface area (Å²) in [5.41, 5.74) is -1.80. The summed E-state index contributed by atoms with van der Waals surface area (Å²) in [6.07, 6.45) is -2.52. The van der Waals surface area contributed by atoms with Gasteiger partial charge in [-0.2, -0.15) is 13.2 Å². The summed E-state index contributed by atoms with van der Waals surface area (Å²) in [5.74, 6) is -2.25. The van der Waals surface area contributed by atoms with Crippen LogP contribution in [0.15, 0.2) is 18.5 Å². The van der Waals surface area contributed by atoms with Crippen molar-refractivity contribution in [3.8, 4) is 0 Å². The largest absolute Gasteiger partial charge is 0.417 e. The summed E-state index contributed by atoms with van der Waals surface area (Å²) < 4.78 is 43.2. The molecule has 0 aliphatic carbocycles. The molecule has 1 saturated heterocycles. The molecule has 0 bridgehead atoms. The molecule has 2 rings (SSSR count). The van der Waals surface area contributed by atoms with Crippen LogP contribution in [0.2, 0.25) is 0 Å². The Kier molecular flexibility index (Phi) is 4.03. The molecule has 1 aliphatic heterocycles. The molecular weight excluding hydrogens is 277 g/mol. The van der Waals surface area contributed by atoms with Crippen LogP contribution in [0.25, 0.3) is 0 Å². The van der Waals surface area contributed by atoms with Crippen molar-refractivity contribution < 1.29 is 27.5 Å². The monoisotopic (exact) mass is 288 g/mol. The molecule has 108 valence electrons. The van der Waals surface area contributed by atoms with Gasteiger partial charge in [0.1, 0.15) is 0 Å². The number of amides is 2. The van der Waals surface area contributed by atoms with E-state index in [1.165, 1.54) is 0 Å². The lowest BCUT2D eigenvalue weighted by Gasteiger charge is -2.12. The van der Waals surface area contributed by atoms with Crippen LogP contribution in [-0.2, 0) is 15.7 Å². The number of ether oxygens (including phenoxy) is 1. The first-order valence-electron chi connectivity index (χ1n) is 5.83. The fourth-order valence-corrected chi connectivity index (χ4v) is 1.85. The van der Waals surface area contributed by atoms with Crippen LogP contribution in [0.3, 0.4) is 0 Å². The Morgan fingerprint density at radius 1 is 1.40 bits per heavy atom. The van der Waals surface area contributed by atoms with Crippen LogP contribution in [0.4, 0.5) is 13.2 Å². The summed E-state index contributed by atoms with van der Waals surface area (Å²) in [6, 6.07) is 0.693. The summed E-state index contributed by atoms with van der Waals surface area (Å²) in [4.78, 5) is 26.9. The highest BCUT2D eigenvalue weighted by molar-refractivity contribution is 6.06. The van der Waals surface area contributed by atoms with Crippen LogP contribution >= 0.6 is 0 Å². The molecule has 5 nitrogen and oxygen atoms in total. The van der Waals surface area contributed by atoms with E-state index in [1.54, 1.807) is 0 Å². The summed E-state index contributed by atoms with van der Waals surface area (Å²) in [7, 11) is 0. The predicted molar refractivity (Wildman–Crippen MR) is 60.6 cm³/mol. The minimum absolute atomic E-state index is 0.165. The van der Waals surface area contributed by atoms with Crippen LogP contribution in [0.5, 0.6) is 0 Å². The Balaban J connectivity index is 2.15. The maximum atomic E-state index is 12.7. The van der Waals surface area contributed by atoms with Crippen molar-refractivity contribution in [2.75, 3.05) is 13.2 Å². The second-order valence-electron chi connectivity index (χ2n) is 4.30. The highest BCUT2D eigenvalue weighted by Crippen LogP contribution is 2.31. The van der Waals surface area contributed by atoms with Crippen LogP contribution in [0, 0.1) is 5.92 Å². The molecule has 2 heterocycles. The van der Waals surface area contributed by atoms with Crippen molar-refractivity contribution in [3.05, 3.63) is 29.6 Å². The molecule has 20 heavy (non-hydrogen) atoms. The molecule has 0 radical (unpaired) electrons. The zero-order valence-electron chi connectivity index (χ0n) is 10.2. The molecule has 1 aliphatic rings. The van der Waals surface area contributed by atoms with Gasteiger partial charge in [-0.1, -0.05) is 0 Å². The highest BCUT2D eigenvalue weighted by atomic mass is 19.4. The number of nitrogens with one attached hydrogen (secondary N) is 1. The molecule has 1 N–H and O–H groups in total. The van der Waals surface area contributed by atoms with Crippen LogP contribution in [-0.4, -0.2) is 30.0 Å². The average molecular weight is 288 g/mol. The first-order chi connectivity index (χ1) is 9.39. The number of pyridine rings is 1. The maximum absolute atomic E-state index is 12.7. The summed E-state index contributed by atoms with van der Waals surface area (Å²) in [5, 5.41) is 1.95. The third-order valence-electron chi connectivity index (χ3n) is 2.91. The number of alkyl halides is 3. The van der Waals surface area contributed by atoms with E-state index in [1.807, 2.05) is 5.32 Å². The fourth-order valence-electron chi connectivity index (χ4n) is 1.85. The molecule has 0 aromatic carbocycles. The molecule has 0 spiro atoms. The Bertz CT molecular complexity index is 525. The van der Waals surface area contributed by atoms with Gasteiger partial charge in [0.2, 0.25) is 5.91 Å². The van der Waals surface area contributed by atoms with Gasteiger partial charge in [-0.3, -0.25) is 19.9 Å². The van der Waals surface area contributed by atoms with Crippen molar-refractivity contribution in [1.29, 1.82) is 0 Å². The minimum Gasteiger partial charge on any atom is -0.381 e. The zero-order valence-corrected chi connectivity index (χ0v) is 10.2. The third-order valence-corrected chi connectivity index (χ3v) is 2.91. The normalized spacial score (nSPS) is 18.9. The van der Waals surface area contributed by atoms with Gasteiger partial charge in [0.25, 0.3) is 5.91 Å². The van der Waals surface area contributed by atoms with Gasteiger partial charge in [-0.15, -0.1) is 0 Å². The molecule has 8 heteroatoms. The van der Waals surface area contributed by atoms with Gasteiger partial charge in [-0.25, -0.2) is 0 Å². The minimum atomic E-state index is -4.69. The predicted octanol–water partition coefficient (Wildman–Crippen LogP) is 1.39. The Hall–Kier alpha value is -1.96. The number of imide groups is 1. The van der Waals surface area contributed by atoms with Gasteiger partial charge in [0.05, 0.1) is 23.7 Å². The van der Waals surface area contributed by atoms with E-state index in [2.05, 4.69) is 4.98 Å². The SMILES string of the molecule is O=C(NC(=O)C1CCOC1)c1cnccc1C(F)(F)F. The van der Waals surface area contributed by atoms with E-state index in [4.69, 9.17) is 4.74 Å². The molecular formula is C12H11F3N2O3. The van der Waals surface area contributed by atoms with Gasteiger partial charge >= 0.3 is 6.18 Å². The number of carbonyl (C=O) groups excluding carboxylic acids is 2. The number of halogens is 3. The number of hydrogen-bond acceptors (Lipinski definition) is 4. The highest BCUT2D eigenvalue weighted by Gasteiger charge is 2.36. The van der Waals surface area contributed by atoms with E-state index < -0.39 is 35.0 Å². The third kappa shape index (κ3) is 3.13. The second-order valence-corrected chi connectivity index (χ2v) is 4.30. The Morgan fingerprint density at radius 3 is 2.75 bits per heavy atom. The summed E-state index contributed by atoms with van der Waals surface area (Å²) >= 11 is 0. The molecule has 2 amide bonds. The lowest BCUT2D eigenvalue weighted by atomic mass is 10.1. The second kappa shape index (κ2) is 5.58. The molecule has 1 unspecified atom stereocenters. The van der Waals surface area contributed by atoms with Crippen LogP contribution < -0.4 is 5.32 Å². The smallest absolute Gasteiger partial charge is 0.381 e. The van der Waals surface area contributed by atoms with Crippen molar-refractivity contribution in [2.24, 2.45) is 5.92 Å². The lowest BCUT2D eigenvalue weighted by molar-refractivity contribution is -0.138. The van der Waals surface area contributed by atoms with Gasteiger partial charge in [0, 0.05) is 19.0 Å². The number of nitrogens with zero attached hydrogens (tertiary/aromatic N) is 1. The van der Waals surface area contributed by atoms with E-state index in [0.717, 1.165) is 12.4 Å². The maximum Gasteiger partial charge on any atom is 0.417 e. The zero-order chi connectivity index (χ0) is 14.8. The average Bonchev–Trinajstić information content (AvgIpc) is 2.91. The van der Waals surface area contributed by atoms with Crippen molar-refractivity contribution in [3.63, 3.8) is 0 Å². The first-order valence-corrected chi connectivity index (χ1v) is 5.83. The van der Waals surface area contributed by atoms with E-state index in [9.17, 15) is 22.8 Å². The van der Waals surface area contributed by atoms with Gasteiger partial charge < -0.3 is 4.74 Å². The number of hydrogen-bond donors (Lipinski definition) is 1. The van der Waals surface area contributed by atoms with E-state index in [-0.39, 0.29) is 6.61 Å². The topological polar surface area (TPSA) is 68.3 Å². The lowest BCUT2D eigenvalue weighted by Crippen LogP contribution is -2.37. The molecule has 1 atom stereocenters. The molecule has 1 fully saturated rings. The van der Waals surface area contributed by atoms with Crippen molar-refractivity contribution >= 4 is 11.8 Å². The summed E-state index contributed by atoms with van der Waals surface area (Å²) in [6.45, 7) is 0.561. The molecule has 1 aromatic heterocycles. The number of rotatable bonds is 2. The number of carbonyl (C=O) groups is 2. The van der Waals surface area contributed by atoms with E-state index >= 15 is 0 Å². The van der Waals surface area contributed by atoms with E-state index in [0.29, 0.717) is 19.1 Å². The molecule has 0 saturated carbocycles. The van der Waals surface area contributed by atoms with Crippen LogP contribution in [0.1, 0.15) is 22.3 Å². The Morgan fingerprint density at radius 2 is 2.15 bits per heavy atom. The van der Waals surface area contributed by atoms with Crippen molar-refractivity contribution in [2.45, 2.75) is 12.6 Å². The standard InChI is InChI=1S/C12H11F3N2O3/c13-12(14,15)9-1-3-16-5-8(9)11(19)17-10(18)7-2-4-20-6-7/h1,3,5,7H,2,4,6H2,(H,17,18,19). The quantitative estimate of drug-likeness (QED) is 0.835. The first kappa shape index (κ1) is 14.4. The van der Waals surface area contributed by atoms with Gasteiger partial charge in [0.15, 0.2) is 0 Å².